The Kier molecular flexibility index (Phi) is 4.14. The van der Waals surface area contributed by atoms with Crippen molar-refractivity contribution < 1.29 is 9.59 Å². The number of rotatable bonds is 2. The minimum absolute atomic E-state index is 0.0108. The quantitative estimate of drug-likeness (QED) is 0.879. The monoisotopic (exact) mass is 302 g/mol. The zero-order valence-electron chi connectivity index (χ0n) is 12.9. The van der Waals surface area contributed by atoms with Gasteiger partial charge in [0, 0.05) is 23.7 Å². The van der Waals surface area contributed by atoms with Gasteiger partial charge in [-0.15, -0.1) is 0 Å². The SMILES string of the molecule is CC1CC(=O)c2cc(C(=O)NC3CCCCC3)c(=O)[nH]c2C1. The van der Waals surface area contributed by atoms with Crippen molar-refractivity contribution in [3.8, 4) is 0 Å². The van der Waals surface area contributed by atoms with Gasteiger partial charge in [-0.3, -0.25) is 14.4 Å². The van der Waals surface area contributed by atoms with E-state index in [9.17, 15) is 14.4 Å². The van der Waals surface area contributed by atoms with Crippen LogP contribution in [-0.2, 0) is 6.42 Å². The molecule has 2 aliphatic carbocycles. The number of pyridine rings is 1. The molecule has 22 heavy (non-hydrogen) atoms. The molecule has 1 aromatic rings. The molecule has 2 aliphatic rings. The number of ketones is 1. The van der Waals surface area contributed by atoms with Gasteiger partial charge in [0.15, 0.2) is 5.78 Å². The second-order valence-electron chi connectivity index (χ2n) is 6.65. The standard InChI is InChI=1S/C17H22N2O3/c1-10-7-14-12(15(20)8-10)9-13(17(22)19-14)16(21)18-11-5-3-2-4-6-11/h9-11H,2-8H2,1H3,(H,18,21)(H,19,22). The molecule has 118 valence electrons. The predicted molar refractivity (Wildman–Crippen MR) is 83.2 cm³/mol. The third kappa shape index (κ3) is 2.98. The van der Waals surface area contributed by atoms with Crippen molar-refractivity contribution in [1.29, 1.82) is 0 Å². The van der Waals surface area contributed by atoms with Gasteiger partial charge in [0.05, 0.1) is 0 Å². The summed E-state index contributed by atoms with van der Waals surface area (Å²) in [6.45, 7) is 1.99. The first-order valence-corrected chi connectivity index (χ1v) is 8.15. The summed E-state index contributed by atoms with van der Waals surface area (Å²) in [6, 6.07) is 1.63. The highest BCUT2D eigenvalue weighted by molar-refractivity contribution is 6.01. The average Bonchev–Trinajstić information content (AvgIpc) is 2.47. The van der Waals surface area contributed by atoms with Crippen molar-refractivity contribution >= 4 is 11.7 Å². The summed E-state index contributed by atoms with van der Waals surface area (Å²) in [5.41, 5.74) is 0.843. The molecule has 0 aliphatic heterocycles. The van der Waals surface area contributed by atoms with E-state index < -0.39 is 5.56 Å². The van der Waals surface area contributed by atoms with Gasteiger partial charge in [-0.2, -0.15) is 0 Å². The van der Waals surface area contributed by atoms with E-state index in [1.54, 1.807) is 0 Å². The molecule has 1 unspecified atom stereocenters. The summed E-state index contributed by atoms with van der Waals surface area (Å²) in [7, 11) is 0. The Morgan fingerprint density at radius 1 is 1.18 bits per heavy atom. The van der Waals surface area contributed by atoms with Crippen molar-refractivity contribution in [2.75, 3.05) is 0 Å². The molecule has 1 amide bonds. The number of aromatic amines is 1. The highest BCUT2D eigenvalue weighted by Crippen LogP contribution is 2.23. The minimum Gasteiger partial charge on any atom is -0.349 e. The normalized spacial score (nSPS) is 22.2. The van der Waals surface area contributed by atoms with Crippen LogP contribution in [0.1, 0.15) is 71.9 Å². The number of fused-ring (bicyclic) bond motifs is 1. The number of nitrogens with one attached hydrogen (secondary N) is 2. The molecule has 0 spiro atoms. The fourth-order valence-corrected chi connectivity index (χ4v) is 3.50. The Morgan fingerprint density at radius 2 is 1.91 bits per heavy atom. The van der Waals surface area contributed by atoms with Crippen molar-refractivity contribution in [2.24, 2.45) is 5.92 Å². The third-order valence-corrected chi connectivity index (χ3v) is 4.69. The van der Waals surface area contributed by atoms with Crippen LogP contribution in [0.15, 0.2) is 10.9 Å². The van der Waals surface area contributed by atoms with E-state index in [2.05, 4.69) is 10.3 Å². The third-order valence-electron chi connectivity index (χ3n) is 4.69. The molecule has 3 rings (SSSR count). The van der Waals surface area contributed by atoms with Gasteiger partial charge in [0.25, 0.3) is 11.5 Å². The first-order valence-electron chi connectivity index (χ1n) is 8.15. The molecule has 1 heterocycles. The van der Waals surface area contributed by atoms with Crippen molar-refractivity contribution in [1.82, 2.24) is 10.3 Å². The van der Waals surface area contributed by atoms with Crippen LogP contribution >= 0.6 is 0 Å². The number of amides is 1. The first-order chi connectivity index (χ1) is 10.5. The fourth-order valence-electron chi connectivity index (χ4n) is 3.50. The van der Waals surface area contributed by atoms with Crippen LogP contribution in [0.4, 0.5) is 0 Å². The lowest BCUT2D eigenvalue weighted by Crippen LogP contribution is -2.39. The number of carbonyl (C=O) groups is 2. The van der Waals surface area contributed by atoms with E-state index in [0.717, 1.165) is 25.7 Å². The average molecular weight is 302 g/mol. The van der Waals surface area contributed by atoms with Gasteiger partial charge >= 0.3 is 0 Å². The van der Waals surface area contributed by atoms with Gasteiger partial charge in [-0.05, 0) is 31.2 Å². The Morgan fingerprint density at radius 3 is 2.64 bits per heavy atom. The maximum Gasteiger partial charge on any atom is 0.261 e. The molecule has 1 saturated carbocycles. The van der Waals surface area contributed by atoms with Crippen LogP contribution in [0, 0.1) is 5.92 Å². The van der Waals surface area contributed by atoms with Crippen LogP contribution in [0.5, 0.6) is 0 Å². The van der Waals surface area contributed by atoms with E-state index in [1.165, 1.54) is 12.5 Å². The molecule has 5 heteroatoms. The second-order valence-corrected chi connectivity index (χ2v) is 6.65. The maximum atomic E-state index is 12.3. The summed E-state index contributed by atoms with van der Waals surface area (Å²) in [6.07, 6.45) is 6.52. The zero-order valence-corrected chi connectivity index (χ0v) is 12.9. The predicted octanol–water partition coefficient (Wildman–Crippen LogP) is 2.20. The topological polar surface area (TPSA) is 79.0 Å². The second kappa shape index (κ2) is 6.07. The summed E-state index contributed by atoms with van der Waals surface area (Å²) >= 11 is 0. The summed E-state index contributed by atoms with van der Waals surface area (Å²) in [5, 5.41) is 2.94. The number of aromatic nitrogens is 1. The molecular formula is C17H22N2O3. The van der Waals surface area contributed by atoms with E-state index >= 15 is 0 Å². The summed E-state index contributed by atoms with van der Waals surface area (Å²) in [5.74, 6) is -0.114. The van der Waals surface area contributed by atoms with Crippen LogP contribution in [0.3, 0.4) is 0 Å². The highest BCUT2D eigenvalue weighted by Gasteiger charge is 2.26. The van der Waals surface area contributed by atoms with Gasteiger partial charge in [0.2, 0.25) is 0 Å². The number of Topliss-reactive ketones (excluding diaryl/α,β-unsaturated/α-hetero) is 1. The van der Waals surface area contributed by atoms with Gasteiger partial charge < -0.3 is 10.3 Å². The van der Waals surface area contributed by atoms with Crippen molar-refractivity contribution in [2.45, 2.75) is 57.9 Å². The molecule has 0 saturated heterocycles. The number of H-pyrrole nitrogens is 1. The Balaban J connectivity index is 1.84. The molecule has 1 atom stereocenters. The number of hydrogen-bond acceptors (Lipinski definition) is 3. The largest absolute Gasteiger partial charge is 0.349 e. The van der Waals surface area contributed by atoms with Crippen LogP contribution < -0.4 is 10.9 Å². The molecule has 5 nitrogen and oxygen atoms in total. The Labute approximate surface area is 129 Å². The van der Waals surface area contributed by atoms with Gasteiger partial charge in [-0.25, -0.2) is 0 Å². The molecular weight excluding hydrogens is 280 g/mol. The van der Waals surface area contributed by atoms with Gasteiger partial charge in [0.1, 0.15) is 5.56 Å². The lowest BCUT2D eigenvalue weighted by molar-refractivity contribution is 0.0926. The van der Waals surface area contributed by atoms with E-state index in [0.29, 0.717) is 24.1 Å². The van der Waals surface area contributed by atoms with Crippen LogP contribution in [-0.4, -0.2) is 22.7 Å². The van der Waals surface area contributed by atoms with E-state index in [1.807, 2.05) is 6.92 Å². The summed E-state index contributed by atoms with van der Waals surface area (Å²) in [4.78, 5) is 39.4. The molecule has 0 bridgehead atoms. The lowest BCUT2D eigenvalue weighted by atomic mass is 9.86. The highest BCUT2D eigenvalue weighted by atomic mass is 16.2. The van der Waals surface area contributed by atoms with Crippen LogP contribution in [0.2, 0.25) is 0 Å². The van der Waals surface area contributed by atoms with Crippen molar-refractivity contribution in [3.05, 3.63) is 33.2 Å². The summed E-state index contributed by atoms with van der Waals surface area (Å²) < 4.78 is 0. The molecule has 1 aromatic heterocycles. The smallest absolute Gasteiger partial charge is 0.261 e. The van der Waals surface area contributed by atoms with Crippen LogP contribution in [0.25, 0.3) is 0 Å². The number of hydrogen-bond donors (Lipinski definition) is 2. The minimum atomic E-state index is -0.394. The number of carbonyl (C=O) groups excluding carboxylic acids is 2. The maximum absolute atomic E-state index is 12.3. The first kappa shape index (κ1) is 15.0. The molecule has 2 N–H and O–H groups in total. The van der Waals surface area contributed by atoms with Gasteiger partial charge in [-0.1, -0.05) is 26.2 Å². The van der Waals surface area contributed by atoms with E-state index in [4.69, 9.17) is 0 Å². The van der Waals surface area contributed by atoms with Crippen molar-refractivity contribution in [3.63, 3.8) is 0 Å². The molecule has 1 fully saturated rings. The zero-order chi connectivity index (χ0) is 15.7. The molecule has 0 radical (unpaired) electrons. The Bertz CT molecular complexity index is 656. The lowest BCUT2D eigenvalue weighted by Gasteiger charge is -2.23. The Hall–Kier alpha value is -1.91. The van der Waals surface area contributed by atoms with E-state index in [-0.39, 0.29) is 29.2 Å². The molecule has 0 aromatic carbocycles. The fraction of sp³-hybridized carbons (Fsp3) is 0.588.